The third-order valence-corrected chi connectivity index (χ3v) is 2.70. The molecule has 2 N–H and O–H groups in total. The summed E-state index contributed by atoms with van der Waals surface area (Å²) in [5, 5.41) is 8.68. The number of hydrogen-bond donors (Lipinski definition) is 1. The van der Waals surface area contributed by atoms with Crippen LogP contribution in [0, 0.1) is 11.3 Å². The van der Waals surface area contributed by atoms with Crippen molar-refractivity contribution in [1.29, 1.82) is 5.26 Å². The standard InChI is InChI=1S/C16H14N2O3/c17-9-12-4-6-13(7-5-12)10-21-16(19)11-20-15-3-1-2-14(18)8-15/h1-8H,10-11,18H2. The van der Waals surface area contributed by atoms with Gasteiger partial charge in [0.25, 0.3) is 0 Å². The molecular weight excluding hydrogens is 268 g/mol. The lowest BCUT2D eigenvalue weighted by atomic mass is 10.2. The lowest BCUT2D eigenvalue weighted by molar-refractivity contribution is -0.147. The van der Waals surface area contributed by atoms with E-state index in [1.807, 2.05) is 6.07 Å². The number of nitrogens with two attached hydrogens (primary N) is 1. The van der Waals surface area contributed by atoms with Crippen LogP contribution < -0.4 is 10.5 Å². The van der Waals surface area contributed by atoms with Gasteiger partial charge in [0.2, 0.25) is 0 Å². The molecule has 5 heteroatoms. The minimum absolute atomic E-state index is 0.144. The van der Waals surface area contributed by atoms with Crippen molar-refractivity contribution in [1.82, 2.24) is 0 Å². The Morgan fingerprint density at radius 2 is 1.95 bits per heavy atom. The Kier molecular flexibility index (Phi) is 4.78. The SMILES string of the molecule is N#Cc1ccc(COC(=O)COc2cccc(N)c2)cc1. The number of anilines is 1. The predicted octanol–water partition coefficient (Wildman–Crippen LogP) is 2.26. The predicted molar refractivity (Wildman–Crippen MR) is 77.3 cm³/mol. The lowest BCUT2D eigenvalue weighted by Crippen LogP contribution is -2.14. The molecule has 0 saturated heterocycles. The number of carbonyl (C=O) groups excluding carboxylic acids is 1. The Labute approximate surface area is 122 Å². The number of nitriles is 1. The third-order valence-electron chi connectivity index (χ3n) is 2.70. The smallest absolute Gasteiger partial charge is 0.344 e. The van der Waals surface area contributed by atoms with Crippen LogP contribution >= 0.6 is 0 Å². The molecule has 0 heterocycles. The molecule has 0 unspecified atom stereocenters. The minimum Gasteiger partial charge on any atom is -0.482 e. The van der Waals surface area contributed by atoms with Crippen LogP contribution in [0.1, 0.15) is 11.1 Å². The molecule has 0 aromatic heterocycles. The van der Waals surface area contributed by atoms with E-state index in [0.29, 0.717) is 17.0 Å². The van der Waals surface area contributed by atoms with Gasteiger partial charge >= 0.3 is 5.97 Å². The molecule has 5 nitrogen and oxygen atoms in total. The summed E-state index contributed by atoms with van der Waals surface area (Å²) in [6.45, 7) is -0.0371. The van der Waals surface area contributed by atoms with Crippen molar-refractivity contribution in [2.24, 2.45) is 0 Å². The first-order chi connectivity index (χ1) is 10.2. The van der Waals surface area contributed by atoms with E-state index in [-0.39, 0.29) is 13.2 Å². The number of benzene rings is 2. The summed E-state index contributed by atoms with van der Waals surface area (Å²) in [4.78, 5) is 11.6. The number of nitrogens with zero attached hydrogens (tertiary/aromatic N) is 1. The molecule has 0 aliphatic rings. The second-order valence-corrected chi connectivity index (χ2v) is 4.33. The summed E-state index contributed by atoms with van der Waals surface area (Å²) in [6, 6.07) is 15.7. The van der Waals surface area contributed by atoms with Gasteiger partial charge in [-0.2, -0.15) is 5.26 Å². The van der Waals surface area contributed by atoms with Gasteiger partial charge in [0, 0.05) is 11.8 Å². The number of hydrogen-bond acceptors (Lipinski definition) is 5. The molecule has 0 spiro atoms. The van der Waals surface area contributed by atoms with Crippen molar-refractivity contribution in [2.45, 2.75) is 6.61 Å². The zero-order valence-corrected chi connectivity index (χ0v) is 11.3. The maximum absolute atomic E-state index is 11.6. The van der Waals surface area contributed by atoms with Gasteiger partial charge in [0.1, 0.15) is 12.4 Å². The molecular formula is C16H14N2O3. The van der Waals surface area contributed by atoms with Gasteiger partial charge in [0.15, 0.2) is 6.61 Å². The molecule has 2 rings (SSSR count). The molecule has 0 amide bonds. The van der Waals surface area contributed by atoms with Crippen molar-refractivity contribution in [3.63, 3.8) is 0 Å². The lowest BCUT2D eigenvalue weighted by Gasteiger charge is -2.07. The van der Waals surface area contributed by atoms with E-state index in [0.717, 1.165) is 5.56 Å². The largest absolute Gasteiger partial charge is 0.482 e. The van der Waals surface area contributed by atoms with Crippen LogP contribution in [-0.4, -0.2) is 12.6 Å². The van der Waals surface area contributed by atoms with Gasteiger partial charge in [-0.05, 0) is 29.8 Å². The van der Waals surface area contributed by atoms with Crippen LogP contribution in [0.15, 0.2) is 48.5 Å². The number of esters is 1. The highest BCUT2D eigenvalue weighted by Gasteiger charge is 2.05. The fraction of sp³-hybridized carbons (Fsp3) is 0.125. The highest BCUT2D eigenvalue weighted by Crippen LogP contribution is 2.14. The Morgan fingerprint density at radius 1 is 1.19 bits per heavy atom. The summed E-state index contributed by atoms with van der Waals surface area (Å²) >= 11 is 0. The fourth-order valence-corrected chi connectivity index (χ4v) is 1.63. The van der Waals surface area contributed by atoms with Crippen molar-refractivity contribution >= 4 is 11.7 Å². The zero-order valence-electron chi connectivity index (χ0n) is 11.3. The molecule has 0 aliphatic carbocycles. The molecule has 0 bridgehead atoms. The minimum atomic E-state index is -0.471. The van der Waals surface area contributed by atoms with Crippen LogP contribution in [0.2, 0.25) is 0 Å². The van der Waals surface area contributed by atoms with E-state index in [1.165, 1.54) is 0 Å². The Morgan fingerprint density at radius 3 is 2.62 bits per heavy atom. The first kappa shape index (κ1) is 14.4. The van der Waals surface area contributed by atoms with E-state index < -0.39 is 5.97 Å². The average molecular weight is 282 g/mol. The van der Waals surface area contributed by atoms with Crippen molar-refractivity contribution in [2.75, 3.05) is 12.3 Å². The van der Waals surface area contributed by atoms with Gasteiger partial charge in [-0.15, -0.1) is 0 Å². The van der Waals surface area contributed by atoms with E-state index in [2.05, 4.69) is 0 Å². The topological polar surface area (TPSA) is 85.3 Å². The summed E-state index contributed by atoms with van der Waals surface area (Å²) in [5.41, 5.74) is 7.55. The summed E-state index contributed by atoms with van der Waals surface area (Å²) in [5.74, 6) is 0.0482. The highest BCUT2D eigenvalue weighted by atomic mass is 16.6. The van der Waals surface area contributed by atoms with Crippen LogP contribution in [0.4, 0.5) is 5.69 Å². The zero-order chi connectivity index (χ0) is 15.1. The summed E-state index contributed by atoms with van der Waals surface area (Å²) in [6.07, 6.45) is 0. The average Bonchev–Trinajstić information content (AvgIpc) is 2.51. The van der Waals surface area contributed by atoms with Gasteiger partial charge in [-0.1, -0.05) is 18.2 Å². The van der Waals surface area contributed by atoms with Crippen molar-refractivity contribution in [3.8, 4) is 11.8 Å². The van der Waals surface area contributed by atoms with Gasteiger partial charge < -0.3 is 15.2 Å². The van der Waals surface area contributed by atoms with E-state index >= 15 is 0 Å². The number of nitrogen functional groups attached to an aromatic ring is 1. The maximum Gasteiger partial charge on any atom is 0.344 e. The van der Waals surface area contributed by atoms with Gasteiger partial charge in [0.05, 0.1) is 11.6 Å². The Balaban J connectivity index is 1.78. The quantitative estimate of drug-likeness (QED) is 0.671. The molecule has 2 aromatic carbocycles. The molecule has 2 aromatic rings. The summed E-state index contributed by atoms with van der Waals surface area (Å²) in [7, 11) is 0. The normalized spacial score (nSPS) is 9.67. The van der Waals surface area contributed by atoms with Gasteiger partial charge in [-0.25, -0.2) is 4.79 Å². The molecule has 21 heavy (non-hydrogen) atoms. The second kappa shape index (κ2) is 6.96. The Bertz CT molecular complexity index is 660. The molecule has 106 valence electrons. The number of ether oxygens (including phenoxy) is 2. The van der Waals surface area contributed by atoms with Crippen LogP contribution in [0.3, 0.4) is 0 Å². The number of rotatable bonds is 5. The molecule has 0 aliphatic heterocycles. The molecule has 0 radical (unpaired) electrons. The van der Waals surface area contributed by atoms with Crippen LogP contribution in [-0.2, 0) is 16.1 Å². The fourth-order valence-electron chi connectivity index (χ4n) is 1.63. The number of carbonyl (C=O) groups is 1. The monoisotopic (exact) mass is 282 g/mol. The molecule has 0 atom stereocenters. The Hall–Kier alpha value is -3.00. The molecule has 0 saturated carbocycles. The third kappa shape index (κ3) is 4.55. The first-order valence-electron chi connectivity index (χ1n) is 6.30. The maximum atomic E-state index is 11.6. The van der Waals surface area contributed by atoms with E-state index in [9.17, 15) is 4.79 Å². The van der Waals surface area contributed by atoms with Crippen LogP contribution in [0.25, 0.3) is 0 Å². The van der Waals surface area contributed by atoms with E-state index in [1.54, 1.807) is 48.5 Å². The summed E-state index contributed by atoms with van der Waals surface area (Å²) < 4.78 is 10.4. The van der Waals surface area contributed by atoms with Crippen LogP contribution in [0.5, 0.6) is 5.75 Å². The highest BCUT2D eigenvalue weighted by molar-refractivity contribution is 5.71. The van der Waals surface area contributed by atoms with Crippen molar-refractivity contribution in [3.05, 3.63) is 59.7 Å². The van der Waals surface area contributed by atoms with Gasteiger partial charge in [-0.3, -0.25) is 0 Å². The van der Waals surface area contributed by atoms with E-state index in [4.69, 9.17) is 20.5 Å². The van der Waals surface area contributed by atoms with Crippen molar-refractivity contribution < 1.29 is 14.3 Å². The second-order valence-electron chi connectivity index (χ2n) is 4.33. The molecule has 0 fully saturated rings. The first-order valence-corrected chi connectivity index (χ1v) is 6.30.